The molecule has 41 heavy (non-hydrogen) atoms. The molecule has 2 fully saturated rings. The molecule has 2 amide bonds. The number of likely N-dealkylation sites (tertiary alicyclic amines) is 1. The Morgan fingerprint density at radius 3 is 2.05 bits per heavy atom. The Morgan fingerprint density at radius 1 is 0.951 bits per heavy atom. The van der Waals surface area contributed by atoms with Gasteiger partial charge in [0, 0.05) is 25.6 Å². The molecule has 1 heterocycles. The molecule has 0 aromatic heterocycles. The number of hydrogen-bond acceptors (Lipinski definition) is 5. The van der Waals surface area contributed by atoms with E-state index in [1.165, 1.54) is 17.7 Å². The number of amides is 2. The normalized spacial score (nSPS) is 18.5. The predicted molar refractivity (Wildman–Crippen MR) is 156 cm³/mol. The average Bonchev–Trinajstić information content (AvgIpc) is 3.57. The summed E-state index contributed by atoms with van der Waals surface area (Å²) < 4.78 is 11.5. The number of benzene rings is 2. The summed E-state index contributed by atoms with van der Waals surface area (Å²) in [5.74, 6) is -0.689. The number of carbonyl (C=O) groups excluding carboxylic acids is 2. The standard InChI is InChI=1S/C33H42N2O6/c1-32(2,3)41-30(38)34-20-17-33(18-21-34,29(36)37)35(19-16-23-10-4-5-11-23)31(39)40-22-28-26-14-8-6-12-24(26)25-13-7-9-15-27(25)28/h6-9,12-15,23,28H,4-5,10-11,16-22H2,1-3H3,(H,36,37). The minimum Gasteiger partial charge on any atom is -0.479 e. The van der Waals surface area contributed by atoms with Crippen LogP contribution in [0.25, 0.3) is 11.1 Å². The SMILES string of the molecule is CC(C)(C)OC(=O)N1CCC(C(=O)O)(N(CCC2CCCC2)C(=O)OCC2c3ccccc3-c3ccccc32)CC1. The summed E-state index contributed by atoms with van der Waals surface area (Å²) in [5, 5.41) is 10.6. The number of piperidine rings is 1. The van der Waals surface area contributed by atoms with Crippen LogP contribution in [-0.4, -0.2) is 70.4 Å². The van der Waals surface area contributed by atoms with Crippen LogP contribution in [0.2, 0.25) is 0 Å². The number of ether oxygens (including phenoxy) is 2. The predicted octanol–water partition coefficient (Wildman–Crippen LogP) is 6.67. The highest BCUT2D eigenvalue weighted by molar-refractivity contribution is 5.85. The van der Waals surface area contributed by atoms with Crippen LogP contribution in [0, 0.1) is 5.92 Å². The first-order valence-electron chi connectivity index (χ1n) is 14.9. The summed E-state index contributed by atoms with van der Waals surface area (Å²) in [6.07, 6.45) is 4.47. The molecule has 220 valence electrons. The fraction of sp³-hybridized carbons (Fsp3) is 0.545. The Kier molecular flexibility index (Phi) is 8.30. The molecule has 1 aliphatic heterocycles. The molecular weight excluding hydrogens is 520 g/mol. The number of hydrogen-bond donors (Lipinski definition) is 1. The molecule has 0 atom stereocenters. The first kappa shape index (κ1) is 29.0. The monoisotopic (exact) mass is 562 g/mol. The maximum atomic E-state index is 13.9. The van der Waals surface area contributed by atoms with Gasteiger partial charge in [0.05, 0.1) is 0 Å². The fourth-order valence-electron chi connectivity index (χ4n) is 6.75. The number of rotatable bonds is 7. The van der Waals surface area contributed by atoms with Gasteiger partial charge in [-0.1, -0.05) is 74.2 Å². The molecule has 1 saturated carbocycles. The molecule has 0 bridgehead atoms. The van der Waals surface area contributed by atoms with E-state index < -0.39 is 29.3 Å². The second-order valence-corrected chi connectivity index (χ2v) is 12.7. The van der Waals surface area contributed by atoms with Crippen LogP contribution in [0.1, 0.15) is 82.8 Å². The molecule has 3 aliphatic rings. The highest BCUT2D eigenvalue weighted by atomic mass is 16.6. The summed E-state index contributed by atoms with van der Waals surface area (Å²) >= 11 is 0. The van der Waals surface area contributed by atoms with Crippen LogP contribution in [0.4, 0.5) is 9.59 Å². The number of aliphatic carboxylic acids is 1. The quantitative estimate of drug-likeness (QED) is 0.405. The highest BCUT2D eigenvalue weighted by Crippen LogP contribution is 2.45. The van der Waals surface area contributed by atoms with Crippen molar-refractivity contribution in [3.63, 3.8) is 0 Å². The number of carboxylic acid groups (broad SMARTS) is 1. The number of carbonyl (C=O) groups is 3. The summed E-state index contributed by atoms with van der Waals surface area (Å²) in [6.45, 7) is 6.25. The zero-order valence-electron chi connectivity index (χ0n) is 24.4. The Bertz CT molecular complexity index is 1220. The Morgan fingerprint density at radius 2 is 1.51 bits per heavy atom. The molecule has 0 unspecified atom stereocenters. The third-order valence-electron chi connectivity index (χ3n) is 8.95. The number of nitrogens with zero attached hydrogens (tertiary/aromatic N) is 2. The van der Waals surface area contributed by atoms with E-state index in [1.54, 1.807) is 25.7 Å². The van der Waals surface area contributed by atoms with Gasteiger partial charge in [-0.15, -0.1) is 0 Å². The second-order valence-electron chi connectivity index (χ2n) is 12.7. The van der Waals surface area contributed by atoms with Crippen molar-refractivity contribution in [2.24, 2.45) is 5.92 Å². The molecule has 0 spiro atoms. The van der Waals surface area contributed by atoms with Gasteiger partial charge in [0.25, 0.3) is 0 Å². The molecule has 5 rings (SSSR count). The third-order valence-corrected chi connectivity index (χ3v) is 8.95. The zero-order valence-corrected chi connectivity index (χ0v) is 24.4. The van der Waals surface area contributed by atoms with E-state index in [0.29, 0.717) is 12.5 Å². The van der Waals surface area contributed by atoms with E-state index in [9.17, 15) is 19.5 Å². The van der Waals surface area contributed by atoms with Gasteiger partial charge in [0.2, 0.25) is 0 Å². The zero-order chi connectivity index (χ0) is 29.2. The second kappa shape index (κ2) is 11.7. The average molecular weight is 563 g/mol. The van der Waals surface area contributed by atoms with Gasteiger partial charge in [-0.05, 0) is 68.2 Å². The maximum absolute atomic E-state index is 13.9. The van der Waals surface area contributed by atoms with Gasteiger partial charge in [-0.2, -0.15) is 0 Å². The largest absolute Gasteiger partial charge is 0.479 e. The van der Waals surface area contributed by atoms with Crippen molar-refractivity contribution >= 4 is 18.2 Å². The molecule has 2 aromatic carbocycles. The lowest BCUT2D eigenvalue weighted by atomic mass is 9.85. The van der Waals surface area contributed by atoms with Crippen LogP contribution in [-0.2, 0) is 14.3 Å². The molecule has 8 nitrogen and oxygen atoms in total. The Hall–Kier alpha value is -3.55. The van der Waals surface area contributed by atoms with E-state index in [2.05, 4.69) is 24.3 Å². The number of fused-ring (bicyclic) bond motifs is 3. The molecule has 1 N–H and O–H groups in total. The number of carboxylic acids is 1. The van der Waals surface area contributed by atoms with Crippen molar-refractivity contribution in [3.8, 4) is 11.1 Å². The maximum Gasteiger partial charge on any atom is 0.410 e. The summed E-state index contributed by atoms with van der Waals surface area (Å²) in [5.41, 5.74) is 2.40. The van der Waals surface area contributed by atoms with Crippen LogP contribution in [0.15, 0.2) is 48.5 Å². The van der Waals surface area contributed by atoms with Crippen molar-refractivity contribution in [2.45, 2.75) is 82.8 Å². The van der Waals surface area contributed by atoms with Gasteiger partial charge in [-0.3, -0.25) is 4.90 Å². The smallest absolute Gasteiger partial charge is 0.410 e. The van der Waals surface area contributed by atoms with Crippen LogP contribution in [0.3, 0.4) is 0 Å². The Labute approximate surface area is 242 Å². The first-order chi connectivity index (χ1) is 19.6. The van der Waals surface area contributed by atoms with E-state index >= 15 is 0 Å². The van der Waals surface area contributed by atoms with Crippen molar-refractivity contribution in [1.82, 2.24) is 9.80 Å². The van der Waals surface area contributed by atoms with E-state index in [4.69, 9.17) is 9.47 Å². The first-order valence-corrected chi connectivity index (χ1v) is 14.9. The van der Waals surface area contributed by atoms with Crippen molar-refractivity contribution in [3.05, 3.63) is 59.7 Å². The molecular formula is C33H42N2O6. The highest BCUT2D eigenvalue weighted by Gasteiger charge is 2.50. The minimum absolute atomic E-state index is 0.113. The summed E-state index contributed by atoms with van der Waals surface area (Å²) in [6, 6.07) is 16.3. The lowest BCUT2D eigenvalue weighted by molar-refractivity contribution is -0.154. The molecule has 8 heteroatoms. The minimum atomic E-state index is -1.44. The van der Waals surface area contributed by atoms with E-state index in [0.717, 1.165) is 41.5 Å². The van der Waals surface area contributed by atoms with Gasteiger partial charge in [0.1, 0.15) is 17.7 Å². The molecule has 1 saturated heterocycles. The van der Waals surface area contributed by atoms with E-state index in [1.807, 2.05) is 24.3 Å². The van der Waals surface area contributed by atoms with Gasteiger partial charge < -0.3 is 19.5 Å². The van der Waals surface area contributed by atoms with E-state index in [-0.39, 0.29) is 38.5 Å². The van der Waals surface area contributed by atoms with Crippen LogP contribution < -0.4 is 0 Å². The van der Waals surface area contributed by atoms with Crippen molar-refractivity contribution in [2.75, 3.05) is 26.2 Å². The fourth-order valence-corrected chi connectivity index (χ4v) is 6.75. The molecule has 0 radical (unpaired) electrons. The lowest BCUT2D eigenvalue weighted by Crippen LogP contribution is -2.63. The van der Waals surface area contributed by atoms with Crippen LogP contribution >= 0.6 is 0 Å². The lowest BCUT2D eigenvalue weighted by Gasteiger charge is -2.45. The molecule has 2 aromatic rings. The molecule has 2 aliphatic carbocycles. The Balaban J connectivity index is 1.35. The van der Waals surface area contributed by atoms with Gasteiger partial charge in [0.15, 0.2) is 0 Å². The van der Waals surface area contributed by atoms with Crippen LogP contribution in [0.5, 0.6) is 0 Å². The topological polar surface area (TPSA) is 96.4 Å². The summed E-state index contributed by atoms with van der Waals surface area (Å²) in [4.78, 5) is 42.5. The third kappa shape index (κ3) is 6.07. The van der Waals surface area contributed by atoms with Crippen molar-refractivity contribution < 1.29 is 29.0 Å². The summed E-state index contributed by atoms with van der Waals surface area (Å²) in [7, 11) is 0. The van der Waals surface area contributed by atoms with Gasteiger partial charge >= 0.3 is 18.2 Å². The van der Waals surface area contributed by atoms with Gasteiger partial charge in [-0.25, -0.2) is 14.4 Å². The van der Waals surface area contributed by atoms with Crippen molar-refractivity contribution in [1.29, 1.82) is 0 Å².